The van der Waals surface area contributed by atoms with Crippen LogP contribution < -0.4 is 15.0 Å². The Bertz CT molecular complexity index is 526. The van der Waals surface area contributed by atoms with E-state index in [0.29, 0.717) is 19.0 Å². The van der Waals surface area contributed by atoms with E-state index in [1.165, 1.54) is 29.7 Å². The van der Waals surface area contributed by atoms with Gasteiger partial charge in [-0.15, -0.1) is 0 Å². The highest BCUT2D eigenvalue weighted by Crippen LogP contribution is 2.30. The van der Waals surface area contributed by atoms with Gasteiger partial charge in [0.1, 0.15) is 0 Å². The van der Waals surface area contributed by atoms with E-state index in [2.05, 4.69) is 10.3 Å². The van der Waals surface area contributed by atoms with Crippen molar-refractivity contribution in [2.24, 2.45) is 0 Å². The van der Waals surface area contributed by atoms with Crippen LogP contribution in [0.1, 0.15) is 4.88 Å². The molecular weight excluding hydrogens is 300 g/mol. The fourth-order valence-corrected chi connectivity index (χ4v) is 3.06. The number of methoxy groups -OCH3 is 1. The van der Waals surface area contributed by atoms with E-state index in [1.54, 1.807) is 7.11 Å². The van der Waals surface area contributed by atoms with E-state index in [0.717, 1.165) is 10.0 Å². The van der Waals surface area contributed by atoms with Crippen molar-refractivity contribution in [3.05, 3.63) is 4.88 Å². The zero-order chi connectivity index (χ0) is 15.3. The van der Waals surface area contributed by atoms with E-state index in [-0.39, 0.29) is 5.75 Å². The van der Waals surface area contributed by atoms with Crippen LogP contribution in [0.4, 0.5) is 5.13 Å². The Morgan fingerprint density at radius 3 is 2.45 bits per heavy atom. The van der Waals surface area contributed by atoms with Crippen molar-refractivity contribution >= 4 is 26.5 Å². The molecule has 9 heteroatoms. The lowest BCUT2D eigenvalue weighted by molar-refractivity contribution is 0.395. The van der Waals surface area contributed by atoms with Gasteiger partial charge in [0.05, 0.1) is 17.7 Å². The molecule has 1 aromatic heterocycles. The Morgan fingerprint density at radius 2 is 1.95 bits per heavy atom. The average Bonchev–Trinajstić information content (AvgIpc) is 2.78. The van der Waals surface area contributed by atoms with Gasteiger partial charge in [-0.1, -0.05) is 11.3 Å². The largest absolute Gasteiger partial charge is 0.480 e. The van der Waals surface area contributed by atoms with Gasteiger partial charge in [0.15, 0.2) is 5.13 Å². The van der Waals surface area contributed by atoms with Crippen molar-refractivity contribution in [2.45, 2.75) is 6.54 Å². The van der Waals surface area contributed by atoms with Crippen LogP contribution >= 0.6 is 11.3 Å². The minimum Gasteiger partial charge on any atom is -0.480 e. The Morgan fingerprint density at radius 1 is 1.30 bits per heavy atom. The van der Waals surface area contributed by atoms with Crippen LogP contribution in [0, 0.1) is 0 Å². The molecule has 1 rings (SSSR count). The third-order valence-electron chi connectivity index (χ3n) is 2.60. The molecule has 7 nitrogen and oxygen atoms in total. The minimum absolute atomic E-state index is 0.0711. The number of aromatic nitrogens is 1. The third kappa shape index (κ3) is 4.58. The first-order chi connectivity index (χ1) is 9.27. The zero-order valence-corrected chi connectivity index (χ0v) is 14.1. The summed E-state index contributed by atoms with van der Waals surface area (Å²) < 4.78 is 29.7. The van der Waals surface area contributed by atoms with Gasteiger partial charge in [-0.25, -0.2) is 12.7 Å². The molecule has 1 heterocycles. The number of ether oxygens (including phenoxy) is 1. The summed E-state index contributed by atoms with van der Waals surface area (Å²) in [6.07, 6.45) is 0. The molecule has 1 N–H and O–H groups in total. The second-order valence-electron chi connectivity index (χ2n) is 4.60. The quantitative estimate of drug-likeness (QED) is 0.689. The first-order valence-corrected chi connectivity index (χ1v) is 8.52. The first kappa shape index (κ1) is 17.2. The van der Waals surface area contributed by atoms with Crippen LogP contribution in [0.3, 0.4) is 0 Å². The number of thiazole rings is 1. The van der Waals surface area contributed by atoms with Gasteiger partial charge in [0.2, 0.25) is 15.9 Å². The molecule has 0 spiro atoms. The second-order valence-corrected chi connectivity index (χ2v) is 7.96. The van der Waals surface area contributed by atoms with Crippen molar-refractivity contribution in [3.8, 4) is 5.88 Å². The number of hydrogen-bond donors (Lipinski definition) is 1. The lowest BCUT2D eigenvalue weighted by atomic mass is 10.5. The Labute approximate surface area is 124 Å². The van der Waals surface area contributed by atoms with Crippen molar-refractivity contribution in [1.82, 2.24) is 14.6 Å². The van der Waals surface area contributed by atoms with E-state index in [1.807, 2.05) is 19.0 Å². The SMILES string of the molecule is COc1nc(N(C)C)sc1CNCCS(=O)(=O)N(C)C. The Hall–Kier alpha value is -0.900. The highest BCUT2D eigenvalue weighted by Gasteiger charge is 2.15. The van der Waals surface area contributed by atoms with Crippen molar-refractivity contribution in [2.75, 3.05) is 52.5 Å². The highest BCUT2D eigenvalue weighted by molar-refractivity contribution is 7.89. The lowest BCUT2D eigenvalue weighted by Crippen LogP contribution is -2.30. The standard InChI is InChI=1S/C11H22N4O3S2/c1-14(2)11-13-10(18-5)9(19-11)8-12-6-7-20(16,17)15(3)4/h12H,6-8H2,1-5H3. The molecule has 0 radical (unpaired) electrons. The fourth-order valence-electron chi connectivity index (χ4n) is 1.37. The molecule has 1 aromatic rings. The van der Waals surface area contributed by atoms with E-state index in [4.69, 9.17) is 4.74 Å². The van der Waals surface area contributed by atoms with Crippen LogP contribution in [0.15, 0.2) is 0 Å². The van der Waals surface area contributed by atoms with Crippen LogP contribution in [0.5, 0.6) is 5.88 Å². The number of nitrogens with one attached hydrogen (secondary N) is 1. The number of sulfonamides is 1. The predicted octanol–water partition coefficient (Wildman–Crippen LogP) is 0.199. The molecule has 20 heavy (non-hydrogen) atoms. The third-order valence-corrected chi connectivity index (χ3v) is 5.64. The van der Waals surface area contributed by atoms with Crippen molar-refractivity contribution in [3.63, 3.8) is 0 Å². The van der Waals surface area contributed by atoms with Crippen molar-refractivity contribution in [1.29, 1.82) is 0 Å². The molecule has 0 aliphatic heterocycles. The van der Waals surface area contributed by atoms with Crippen LogP contribution in [0.2, 0.25) is 0 Å². The van der Waals surface area contributed by atoms with Gasteiger partial charge in [0.25, 0.3) is 0 Å². The summed E-state index contributed by atoms with van der Waals surface area (Å²) in [6.45, 7) is 0.927. The number of anilines is 1. The summed E-state index contributed by atoms with van der Waals surface area (Å²) in [6, 6.07) is 0. The molecule has 0 saturated heterocycles. The molecule has 0 unspecified atom stereocenters. The molecule has 0 bridgehead atoms. The van der Waals surface area contributed by atoms with Gasteiger partial charge in [-0.05, 0) is 0 Å². The lowest BCUT2D eigenvalue weighted by Gasteiger charge is -2.11. The molecule has 0 amide bonds. The summed E-state index contributed by atoms with van der Waals surface area (Å²) >= 11 is 1.52. The number of hydrogen-bond acceptors (Lipinski definition) is 7. The van der Waals surface area contributed by atoms with E-state index in [9.17, 15) is 8.42 Å². The average molecular weight is 322 g/mol. The summed E-state index contributed by atoms with van der Waals surface area (Å²) in [5.74, 6) is 0.656. The van der Waals surface area contributed by atoms with Crippen LogP contribution in [-0.2, 0) is 16.6 Å². The fraction of sp³-hybridized carbons (Fsp3) is 0.727. The molecule has 0 aliphatic rings. The summed E-state index contributed by atoms with van der Waals surface area (Å²) in [5, 5.41) is 3.97. The predicted molar refractivity (Wildman–Crippen MR) is 82.2 cm³/mol. The van der Waals surface area contributed by atoms with E-state index < -0.39 is 10.0 Å². The Kier molecular flexibility index (Phi) is 6.18. The summed E-state index contributed by atoms with van der Waals surface area (Å²) in [5.41, 5.74) is 0. The Balaban J connectivity index is 2.54. The van der Waals surface area contributed by atoms with Gasteiger partial charge in [-0.3, -0.25) is 0 Å². The molecule has 0 fully saturated rings. The topological polar surface area (TPSA) is 74.8 Å². The number of rotatable bonds is 8. The van der Waals surface area contributed by atoms with Gasteiger partial charge >= 0.3 is 0 Å². The number of nitrogens with zero attached hydrogens (tertiary/aromatic N) is 3. The van der Waals surface area contributed by atoms with E-state index >= 15 is 0 Å². The molecule has 0 atom stereocenters. The second kappa shape index (κ2) is 7.21. The van der Waals surface area contributed by atoms with Crippen LogP contribution in [0.25, 0.3) is 0 Å². The monoisotopic (exact) mass is 322 g/mol. The first-order valence-electron chi connectivity index (χ1n) is 6.10. The maximum Gasteiger partial charge on any atom is 0.230 e. The molecule has 0 saturated carbocycles. The summed E-state index contributed by atoms with van der Waals surface area (Å²) in [4.78, 5) is 7.21. The van der Waals surface area contributed by atoms with Gasteiger partial charge in [-0.2, -0.15) is 4.98 Å². The maximum atomic E-state index is 11.6. The molecule has 116 valence electrons. The van der Waals surface area contributed by atoms with Gasteiger partial charge in [0, 0.05) is 41.3 Å². The van der Waals surface area contributed by atoms with Gasteiger partial charge < -0.3 is 15.0 Å². The molecule has 0 aromatic carbocycles. The molecule has 0 aliphatic carbocycles. The highest BCUT2D eigenvalue weighted by atomic mass is 32.2. The normalized spacial score (nSPS) is 11.9. The maximum absolute atomic E-state index is 11.6. The minimum atomic E-state index is -3.16. The zero-order valence-electron chi connectivity index (χ0n) is 12.5. The smallest absolute Gasteiger partial charge is 0.230 e. The summed E-state index contributed by atoms with van der Waals surface area (Å²) in [7, 11) is 5.32. The molecular formula is C11H22N4O3S2. The van der Waals surface area contributed by atoms with Crippen LogP contribution in [-0.4, -0.2) is 65.3 Å². The van der Waals surface area contributed by atoms with Crippen molar-refractivity contribution < 1.29 is 13.2 Å².